The second-order valence-electron chi connectivity index (χ2n) is 8.65. The van der Waals surface area contributed by atoms with Gasteiger partial charge in [-0.1, -0.05) is 66.7 Å². The van der Waals surface area contributed by atoms with Crippen molar-refractivity contribution in [2.75, 3.05) is 0 Å². The number of allylic oxidation sites excluding steroid dienone is 4. The first kappa shape index (κ1) is 20.4. The normalized spacial score (nSPS) is 17.7. The van der Waals surface area contributed by atoms with Crippen molar-refractivity contribution in [3.8, 4) is 16.9 Å². The first-order chi connectivity index (χ1) is 15.8. The van der Waals surface area contributed by atoms with Crippen molar-refractivity contribution in [3.05, 3.63) is 125 Å². The average Bonchev–Trinajstić information content (AvgIpc) is 3.17. The molecule has 1 atom stereocenters. The van der Waals surface area contributed by atoms with E-state index < -0.39 is 0 Å². The van der Waals surface area contributed by atoms with Crippen molar-refractivity contribution in [3.63, 3.8) is 0 Å². The van der Waals surface area contributed by atoms with Gasteiger partial charge in [0, 0.05) is 12.4 Å². The summed E-state index contributed by atoms with van der Waals surface area (Å²) in [6, 6.07) is 21.4. The van der Waals surface area contributed by atoms with E-state index in [0.29, 0.717) is 11.7 Å². The van der Waals surface area contributed by atoms with Crippen molar-refractivity contribution in [1.82, 2.24) is 5.32 Å². The lowest BCUT2D eigenvalue weighted by Crippen LogP contribution is -2.17. The van der Waals surface area contributed by atoms with Gasteiger partial charge in [-0.2, -0.15) is 0 Å². The van der Waals surface area contributed by atoms with Gasteiger partial charge in [0.05, 0.1) is 0 Å². The SMILES string of the molecule is C1=CC=CNC=C1.Oc1ccccc1C1CCc2c(ccc3c2CCc2ccccc2-3)C1. The van der Waals surface area contributed by atoms with E-state index in [-0.39, 0.29) is 0 Å². The van der Waals surface area contributed by atoms with Crippen LogP contribution in [0.15, 0.2) is 97.4 Å². The Kier molecular flexibility index (Phi) is 5.93. The quantitative estimate of drug-likeness (QED) is 0.465. The summed E-state index contributed by atoms with van der Waals surface area (Å²) in [5, 5.41) is 13.1. The van der Waals surface area contributed by atoms with Gasteiger partial charge < -0.3 is 10.4 Å². The zero-order chi connectivity index (χ0) is 21.8. The predicted octanol–water partition coefficient (Wildman–Crippen LogP) is 6.60. The molecule has 0 bridgehead atoms. The number of aryl methyl sites for hydroxylation is 1. The molecule has 3 aliphatic rings. The second-order valence-corrected chi connectivity index (χ2v) is 8.65. The molecule has 0 aromatic heterocycles. The molecular formula is C30H29NO. The van der Waals surface area contributed by atoms with Gasteiger partial charge in [0.25, 0.3) is 0 Å². The number of para-hydroxylation sites is 1. The second kappa shape index (κ2) is 9.32. The van der Waals surface area contributed by atoms with Crippen LogP contribution < -0.4 is 5.32 Å². The van der Waals surface area contributed by atoms with Crippen LogP contribution in [0.1, 0.15) is 40.2 Å². The first-order valence-corrected chi connectivity index (χ1v) is 11.6. The fourth-order valence-electron chi connectivity index (χ4n) is 5.23. The third-order valence-electron chi connectivity index (χ3n) is 6.78. The molecular weight excluding hydrogens is 390 g/mol. The van der Waals surface area contributed by atoms with E-state index in [1.54, 1.807) is 11.1 Å². The van der Waals surface area contributed by atoms with Crippen molar-refractivity contribution < 1.29 is 5.11 Å². The lowest BCUT2D eigenvalue weighted by molar-refractivity contribution is 0.453. The zero-order valence-corrected chi connectivity index (χ0v) is 18.3. The highest BCUT2D eigenvalue weighted by Gasteiger charge is 2.27. The number of fused-ring (bicyclic) bond motifs is 5. The number of benzene rings is 3. The van der Waals surface area contributed by atoms with Gasteiger partial charge in [-0.15, -0.1) is 0 Å². The molecule has 0 amide bonds. The molecule has 0 spiro atoms. The van der Waals surface area contributed by atoms with E-state index in [2.05, 4.69) is 47.8 Å². The molecule has 0 fully saturated rings. The van der Waals surface area contributed by atoms with E-state index in [9.17, 15) is 5.11 Å². The van der Waals surface area contributed by atoms with Crippen LogP contribution in [0, 0.1) is 0 Å². The molecule has 3 aromatic rings. The number of hydrogen-bond acceptors (Lipinski definition) is 2. The van der Waals surface area contributed by atoms with Crippen LogP contribution in [0.25, 0.3) is 11.1 Å². The summed E-state index contributed by atoms with van der Waals surface area (Å²) in [4.78, 5) is 0. The largest absolute Gasteiger partial charge is 0.508 e. The van der Waals surface area contributed by atoms with Crippen LogP contribution in [0.5, 0.6) is 5.75 Å². The Balaban J connectivity index is 0.000000265. The monoisotopic (exact) mass is 419 g/mol. The molecule has 2 nitrogen and oxygen atoms in total. The zero-order valence-electron chi connectivity index (χ0n) is 18.3. The van der Waals surface area contributed by atoms with E-state index >= 15 is 0 Å². The minimum Gasteiger partial charge on any atom is -0.508 e. The summed E-state index contributed by atoms with van der Waals surface area (Å²) >= 11 is 0. The standard InChI is InChI=1S/C24H22O.C6H7N/c25-24-8-4-3-7-21(24)18-10-12-20-17(15-18)11-14-22-19-6-2-1-5-16(19)9-13-23(20)22;1-2-4-6-7-5-3-1/h1-8,11,14,18,25H,9-10,12-13,15H2;1-7H. The average molecular weight is 420 g/mol. The Hall–Kier alpha value is -3.52. The van der Waals surface area contributed by atoms with Crippen molar-refractivity contribution >= 4 is 0 Å². The maximum Gasteiger partial charge on any atom is 0.119 e. The highest BCUT2D eigenvalue weighted by Crippen LogP contribution is 2.42. The fraction of sp³-hybridized carbons (Fsp3) is 0.200. The van der Waals surface area contributed by atoms with Gasteiger partial charge >= 0.3 is 0 Å². The van der Waals surface area contributed by atoms with Gasteiger partial charge in [-0.3, -0.25) is 0 Å². The molecule has 1 heterocycles. The summed E-state index contributed by atoms with van der Waals surface area (Å²) in [5.41, 5.74) is 10.1. The topological polar surface area (TPSA) is 32.3 Å². The fourth-order valence-corrected chi connectivity index (χ4v) is 5.23. The van der Waals surface area contributed by atoms with E-state index in [1.807, 2.05) is 54.9 Å². The van der Waals surface area contributed by atoms with Crippen LogP contribution in [-0.2, 0) is 25.7 Å². The maximum absolute atomic E-state index is 10.2. The summed E-state index contributed by atoms with van der Waals surface area (Å²) < 4.78 is 0. The van der Waals surface area contributed by atoms with E-state index in [1.165, 1.54) is 22.3 Å². The molecule has 2 aliphatic carbocycles. The first-order valence-electron chi connectivity index (χ1n) is 11.6. The summed E-state index contributed by atoms with van der Waals surface area (Å²) in [5.74, 6) is 0.880. The van der Waals surface area contributed by atoms with Crippen molar-refractivity contribution in [1.29, 1.82) is 0 Å². The third kappa shape index (κ3) is 4.13. The van der Waals surface area contributed by atoms with Gasteiger partial charge in [-0.25, -0.2) is 0 Å². The lowest BCUT2D eigenvalue weighted by atomic mass is 9.74. The van der Waals surface area contributed by atoms with Crippen LogP contribution in [0.3, 0.4) is 0 Å². The van der Waals surface area contributed by atoms with Gasteiger partial charge in [-0.05, 0) is 95.2 Å². The van der Waals surface area contributed by atoms with Crippen LogP contribution in [-0.4, -0.2) is 5.11 Å². The van der Waals surface area contributed by atoms with Gasteiger partial charge in [0.2, 0.25) is 0 Å². The lowest BCUT2D eigenvalue weighted by Gasteiger charge is -2.30. The third-order valence-corrected chi connectivity index (χ3v) is 6.78. The summed E-state index contributed by atoms with van der Waals surface area (Å²) in [7, 11) is 0. The number of rotatable bonds is 1. The minimum atomic E-state index is 0.433. The molecule has 6 rings (SSSR count). The Labute approximate surface area is 190 Å². The Morgan fingerprint density at radius 2 is 1.44 bits per heavy atom. The van der Waals surface area contributed by atoms with Crippen molar-refractivity contribution in [2.24, 2.45) is 0 Å². The Morgan fingerprint density at radius 3 is 2.28 bits per heavy atom. The molecule has 3 aromatic carbocycles. The number of phenolic OH excluding ortho intramolecular Hbond substituents is 1. The maximum atomic E-state index is 10.2. The van der Waals surface area contributed by atoms with Gasteiger partial charge in [0.15, 0.2) is 0 Å². The molecule has 160 valence electrons. The number of aromatic hydroxyl groups is 1. The number of nitrogens with one attached hydrogen (secondary N) is 1. The number of hydrogen-bond donors (Lipinski definition) is 2. The van der Waals surface area contributed by atoms with E-state index in [4.69, 9.17) is 0 Å². The van der Waals surface area contributed by atoms with Crippen LogP contribution in [0.2, 0.25) is 0 Å². The predicted molar refractivity (Wildman–Crippen MR) is 133 cm³/mol. The van der Waals surface area contributed by atoms with Gasteiger partial charge in [0.1, 0.15) is 5.75 Å². The molecule has 2 heteroatoms. The van der Waals surface area contributed by atoms with Crippen molar-refractivity contribution in [2.45, 2.75) is 38.0 Å². The molecule has 1 aliphatic heterocycles. The summed E-state index contributed by atoms with van der Waals surface area (Å²) in [6.07, 6.45) is 17.2. The van der Waals surface area contributed by atoms with Crippen LogP contribution >= 0.6 is 0 Å². The molecule has 0 saturated carbocycles. The van der Waals surface area contributed by atoms with Crippen LogP contribution in [0.4, 0.5) is 0 Å². The molecule has 2 N–H and O–H groups in total. The Morgan fingerprint density at radius 1 is 0.656 bits per heavy atom. The molecule has 0 radical (unpaired) electrons. The summed E-state index contributed by atoms with van der Waals surface area (Å²) in [6.45, 7) is 0. The Bertz CT molecular complexity index is 1190. The molecule has 0 saturated heterocycles. The smallest absolute Gasteiger partial charge is 0.119 e. The van der Waals surface area contributed by atoms with E-state index in [0.717, 1.165) is 37.7 Å². The number of phenols is 1. The molecule has 1 unspecified atom stereocenters. The minimum absolute atomic E-state index is 0.433. The highest BCUT2D eigenvalue weighted by molar-refractivity contribution is 5.75. The molecule has 32 heavy (non-hydrogen) atoms. The highest BCUT2D eigenvalue weighted by atomic mass is 16.3.